The number of nitro groups is 1. The van der Waals surface area contributed by atoms with Crippen molar-refractivity contribution < 1.29 is 24.0 Å². The number of non-ortho nitro benzene ring substituents is 1. The average molecular weight is 450 g/mol. The summed E-state index contributed by atoms with van der Waals surface area (Å²) in [5, 5.41) is 11.3. The summed E-state index contributed by atoms with van der Waals surface area (Å²) in [6, 6.07) is 11.3. The van der Waals surface area contributed by atoms with E-state index >= 15 is 0 Å². The number of nitrogens with zero attached hydrogens (tertiary/aromatic N) is 2. The molecule has 0 N–H and O–H groups in total. The minimum Gasteiger partial charge on any atom is -0.497 e. The Kier molecular flexibility index (Phi) is 5.69. The van der Waals surface area contributed by atoms with Crippen molar-refractivity contribution in [2.75, 3.05) is 19.1 Å². The Hall–Kier alpha value is -3.68. The first-order chi connectivity index (χ1) is 15.6. The first-order valence-electron chi connectivity index (χ1n) is 10.7. The largest absolute Gasteiger partial charge is 0.497 e. The Balaban J connectivity index is 1.93. The van der Waals surface area contributed by atoms with Crippen LogP contribution < -0.4 is 14.4 Å². The van der Waals surface area contributed by atoms with Gasteiger partial charge in [-0.05, 0) is 36.1 Å². The molecular formula is C25H26N2O6. The first-order valence-corrected chi connectivity index (χ1v) is 10.7. The molecule has 0 spiro atoms. The molecule has 0 saturated carbocycles. The number of carbonyl (C=O) groups is 2. The molecule has 4 rings (SSSR count). The Morgan fingerprint density at radius 2 is 1.82 bits per heavy atom. The predicted octanol–water partition coefficient (Wildman–Crippen LogP) is 4.78. The minimum atomic E-state index is -0.493. The number of amides is 1. The van der Waals surface area contributed by atoms with Crippen molar-refractivity contribution in [3.8, 4) is 11.5 Å². The highest BCUT2D eigenvalue weighted by Crippen LogP contribution is 2.50. The lowest BCUT2D eigenvalue weighted by Gasteiger charge is -2.43. The number of hydrogen-bond acceptors (Lipinski definition) is 6. The number of Topliss-reactive ketones (excluding diaryl/α,β-unsaturated/α-hetero) is 1. The van der Waals surface area contributed by atoms with E-state index in [1.807, 2.05) is 13.8 Å². The standard InChI is InChI=1S/C25H26N2O6/c1-25(2)13-20-24(21(28)14-25)19(18-11-17(32-3)8-9-22(18)33-4)12-23(29)26(20)15-6-5-7-16(10-15)27(30)31/h5-11,19H,12-14H2,1-4H3. The van der Waals surface area contributed by atoms with Gasteiger partial charge in [-0.1, -0.05) is 19.9 Å². The molecule has 0 fully saturated rings. The van der Waals surface area contributed by atoms with E-state index in [1.54, 1.807) is 44.6 Å². The van der Waals surface area contributed by atoms with Crippen LogP contribution in [0.25, 0.3) is 0 Å². The van der Waals surface area contributed by atoms with Gasteiger partial charge in [0.25, 0.3) is 5.69 Å². The van der Waals surface area contributed by atoms with Crippen LogP contribution in [0.3, 0.4) is 0 Å². The summed E-state index contributed by atoms with van der Waals surface area (Å²) in [6.45, 7) is 3.97. The average Bonchev–Trinajstić information content (AvgIpc) is 2.77. The molecule has 172 valence electrons. The molecule has 0 radical (unpaired) electrons. The number of rotatable bonds is 5. The molecule has 0 saturated heterocycles. The van der Waals surface area contributed by atoms with E-state index in [-0.39, 0.29) is 29.2 Å². The molecule has 1 heterocycles. The van der Waals surface area contributed by atoms with Gasteiger partial charge in [0.05, 0.1) is 24.8 Å². The SMILES string of the molecule is COc1ccc(OC)c(C2CC(=O)N(c3cccc([N+](=O)[O-])c3)C3=C2C(=O)CC(C)(C)C3)c1. The predicted molar refractivity (Wildman–Crippen MR) is 123 cm³/mol. The quantitative estimate of drug-likeness (QED) is 0.480. The third-order valence-corrected chi connectivity index (χ3v) is 6.25. The third kappa shape index (κ3) is 4.08. The van der Waals surface area contributed by atoms with Crippen molar-refractivity contribution in [1.29, 1.82) is 0 Å². The van der Waals surface area contributed by atoms with Crippen LogP contribution in [0.15, 0.2) is 53.7 Å². The Morgan fingerprint density at radius 3 is 2.48 bits per heavy atom. The van der Waals surface area contributed by atoms with Crippen LogP contribution in [0.2, 0.25) is 0 Å². The van der Waals surface area contributed by atoms with E-state index in [2.05, 4.69) is 0 Å². The fraction of sp³-hybridized carbons (Fsp3) is 0.360. The van der Waals surface area contributed by atoms with Gasteiger partial charge in [0.15, 0.2) is 5.78 Å². The summed E-state index contributed by atoms with van der Waals surface area (Å²) < 4.78 is 10.9. The number of nitro benzene ring substituents is 1. The van der Waals surface area contributed by atoms with Gasteiger partial charge in [0, 0.05) is 47.7 Å². The molecule has 2 aliphatic rings. The maximum Gasteiger partial charge on any atom is 0.271 e. The summed E-state index contributed by atoms with van der Waals surface area (Å²) in [4.78, 5) is 39.3. The van der Waals surface area contributed by atoms with Gasteiger partial charge in [0.1, 0.15) is 11.5 Å². The van der Waals surface area contributed by atoms with E-state index in [1.165, 1.54) is 17.0 Å². The topological polar surface area (TPSA) is 99.0 Å². The maximum atomic E-state index is 13.5. The van der Waals surface area contributed by atoms with Crippen LogP contribution in [0.1, 0.15) is 44.6 Å². The van der Waals surface area contributed by atoms with E-state index in [0.29, 0.717) is 46.9 Å². The molecule has 1 aliphatic heterocycles. The lowest BCUT2D eigenvalue weighted by molar-refractivity contribution is -0.384. The van der Waals surface area contributed by atoms with Crippen molar-refractivity contribution in [2.45, 2.75) is 39.0 Å². The fourth-order valence-electron chi connectivity index (χ4n) is 4.84. The lowest BCUT2D eigenvalue weighted by Crippen LogP contribution is -2.43. The van der Waals surface area contributed by atoms with E-state index in [4.69, 9.17) is 9.47 Å². The van der Waals surface area contributed by atoms with Crippen molar-refractivity contribution >= 4 is 23.1 Å². The van der Waals surface area contributed by atoms with Gasteiger partial charge in [0.2, 0.25) is 5.91 Å². The van der Waals surface area contributed by atoms with Crippen molar-refractivity contribution in [2.24, 2.45) is 5.41 Å². The molecule has 1 amide bonds. The molecule has 0 aromatic heterocycles. The number of carbonyl (C=O) groups excluding carboxylic acids is 2. The maximum absolute atomic E-state index is 13.5. The normalized spacial score (nSPS) is 19.9. The van der Waals surface area contributed by atoms with Crippen LogP contribution in [0, 0.1) is 15.5 Å². The number of methoxy groups -OCH3 is 2. The van der Waals surface area contributed by atoms with Gasteiger partial charge in [-0.15, -0.1) is 0 Å². The third-order valence-electron chi connectivity index (χ3n) is 6.25. The molecular weight excluding hydrogens is 424 g/mol. The summed E-state index contributed by atoms with van der Waals surface area (Å²) in [7, 11) is 3.10. The van der Waals surface area contributed by atoms with Crippen molar-refractivity contribution in [1.82, 2.24) is 0 Å². The smallest absolute Gasteiger partial charge is 0.271 e. The van der Waals surface area contributed by atoms with Gasteiger partial charge in [-0.3, -0.25) is 24.6 Å². The van der Waals surface area contributed by atoms with Gasteiger partial charge >= 0.3 is 0 Å². The molecule has 8 heteroatoms. The Bertz CT molecular complexity index is 1180. The number of ketones is 1. The zero-order chi connectivity index (χ0) is 23.9. The van der Waals surface area contributed by atoms with Crippen LogP contribution >= 0.6 is 0 Å². The number of benzene rings is 2. The summed E-state index contributed by atoms with van der Waals surface area (Å²) in [5.41, 5.74) is 1.80. The molecule has 2 aromatic carbocycles. The summed E-state index contributed by atoms with van der Waals surface area (Å²) in [6.07, 6.45) is 0.883. The summed E-state index contributed by atoms with van der Waals surface area (Å²) in [5.74, 6) is 0.428. The molecule has 33 heavy (non-hydrogen) atoms. The van der Waals surface area contributed by atoms with Crippen LogP contribution in [0.5, 0.6) is 11.5 Å². The molecule has 1 unspecified atom stereocenters. The monoisotopic (exact) mass is 450 g/mol. The Labute approximate surface area is 191 Å². The van der Waals surface area contributed by atoms with Crippen molar-refractivity contribution in [3.63, 3.8) is 0 Å². The molecule has 1 atom stereocenters. The van der Waals surface area contributed by atoms with Crippen molar-refractivity contribution in [3.05, 3.63) is 69.4 Å². The molecule has 0 bridgehead atoms. The first kappa shape index (κ1) is 22.5. The highest BCUT2D eigenvalue weighted by molar-refractivity contribution is 6.08. The van der Waals surface area contributed by atoms with E-state index in [9.17, 15) is 19.7 Å². The lowest BCUT2D eigenvalue weighted by atomic mass is 9.69. The summed E-state index contributed by atoms with van der Waals surface area (Å²) >= 11 is 0. The highest BCUT2D eigenvalue weighted by Gasteiger charge is 2.45. The van der Waals surface area contributed by atoms with E-state index in [0.717, 1.165) is 0 Å². The van der Waals surface area contributed by atoms with E-state index < -0.39 is 10.8 Å². The highest BCUT2D eigenvalue weighted by atomic mass is 16.6. The molecule has 1 aliphatic carbocycles. The van der Waals surface area contributed by atoms with Crippen LogP contribution in [0.4, 0.5) is 11.4 Å². The zero-order valence-electron chi connectivity index (χ0n) is 19.1. The molecule has 8 nitrogen and oxygen atoms in total. The fourth-order valence-corrected chi connectivity index (χ4v) is 4.84. The number of ether oxygens (including phenoxy) is 2. The van der Waals surface area contributed by atoms with Gasteiger partial charge < -0.3 is 9.47 Å². The second kappa shape index (κ2) is 8.35. The second-order valence-electron chi connectivity index (χ2n) is 9.17. The van der Waals surface area contributed by atoms with Crippen LogP contribution in [-0.4, -0.2) is 30.8 Å². The minimum absolute atomic E-state index is 0.0287. The number of hydrogen-bond donors (Lipinski definition) is 0. The number of allylic oxidation sites excluding steroid dienone is 2. The Morgan fingerprint density at radius 1 is 1.06 bits per heavy atom. The molecule has 2 aromatic rings. The van der Waals surface area contributed by atoms with Crippen LogP contribution in [-0.2, 0) is 9.59 Å². The second-order valence-corrected chi connectivity index (χ2v) is 9.17. The van der Waals surface area contributed by atoms with Gasteiger partial charge in [-0.25, -0.2) is 0 Å². The number of anilines is 1. The van der Waals surface area contributed by atoms with Gasteiger partial charge in [-0.2, -0.15) is 0 Å². The zero-order valence-corrected chi connectivity index (χ0v) is 19.1.